The topological polar surface area (TPSA) is 94.3 Å². The number of sulfone groups is 1. The monoisotopic (exact) mass is 423 g/mol. The molecule has 2 heterocycles. The van der Waals surface area contributed by atoms with Crippen LogP contribution in [0.2, 0.25) is 0 Å². The number of nitrogens with zero attached hydrogens (tertiary/aromatic N) is 3. The molecule has 2 aromatic rings. The fourth-order valence-electron chi connectivity index (χ4n) is 4.01. The molecule has 2 fully saturated rings. The number of aromatic nitrogens is 3. The van der Waals surface area contributed by atoms with Crippen LogP contribution in [0.3, 0.4) is 0 Å². The van der Waals surface area contributed by atoms with Crippen LogP contribution in [0.25, 0.3) is 11.4 Å². The van der Waals surface area contributed by atoms with E-state index in [1.54, 1.807) is 7.11 Å². The van der Waals surface area contributed by atoms with Gasteiger partial charge in [0.15, 0.2) is 20.8 Å². The van der Waals surface area contributed by atoms with Crippen LogP contribution < -0.4 is 4.74 Å². The zero-order chi connectivity index (χ0) is 19.7. The Morgan fingerprint density at radius 1 is 1.11 bits per heavy atom. The van der Waals surface area contributed by atoms with Gasteiger partial charge in [-0.2, -0.15) is 0 Å². The minimum Gasteiger partial charge on any atom is -0.497 e. The summed E-state index contributed by atoms with van der Waals surface area (Å²) in [6, 6.07) is 8.01. The second-order valence-corrected chi connectivity index (χ2v) is 10.9. The van der Waals surface area contributed by atoms with Crippen LogP contribution in [0.4, 0.5) is 0 Å². The van der Waals surface area contributed by atoms with Crippen molar-refractivity contribution in [3.63, 3.8) is 0 Å². The van der Waals surface area contributed by atoms with E-state index in [0.29, 0.717) is 11.2 Å². The fraction of sp³-hybridized carbons (Fsp3) is 0.579. The molecular formula is C19H25N3O4S2. The lowest BCUT2D eigenvalue weighted by molar-refractivity contribution is 0.207. The molecule has 1 N–H and O–H groups in total. The van der Waals surface area contributed by atoms with Gasteiger partial charge < -0.3 is 9.84 Å². The molecule has 1 saturated carbocycles. The van der Waals surface area contributed by atoms with Crippen molar-refractivity contribution in [2.75, 3.05) is 18.6 Å². The van der Waals surface area contributed by atoms with Gasteiger partial charge in [-0.3, -0.25) is 4.57 Å². The molecule has 2 atom stereocenters. The summed E-state index contributed by atoms with van der Waals surface area (Å²) < 4.78 is 31.2. The minimum atomic E-state index is -3.20. The molecule has 0 unspecified atom stereocenters. The van der Waals surface area contributed by atoms with Crippen LogP contribution in [0.15, 0.2) is 29.4 Å². The Morgan fingerprint density at radius 3 is 2.43 bits per heavy atom. The number of thioether (sulfide) groups is 1. The van der Waals surface area contributed by atoms with Crippen molar-refractivity contribution in [2.45, 2.75) is 54.7 Å². The summed E-state index contributed by atoms with van der Waals surface area (Å²) in [6.45, 7) is 0. The summed E-state index contributed by atoms with van der Waals surface area (Å²) in [5.74, 6) is 1.37. The summed E-state index contributed by atoms with van der Waals surface area (Å²) in [7, 11) is -1.56. The number of methoxy groups -OCH3 is 1. The van der Waals surface area contributed by atoms with Gasteiger partial charge in [-0.05, 0) is 37.1 Å². The number of aliphatic hydroxyl groups is 1. The smallest absolute Gasteiger partial charge is 0.192 e. The van der Waals surface area contributed by atoms with Gasteiger partial charge in [-0.1, -0.05) is 31.0 Å². The molecular weight excluding hydrogens is 398 g/mol. The lowest BCUT2D eigenvalue weighted by Crippen LogP contribution is -2.22. The summed E-state index contributed by atoms with van der Waals surface area (Å²) in [5, 5.41) is 19.3. The molecule has 0 radical (unpaired) electrons. The van der Waals surface area contributed by atoms with Crippen molar-refractivity contribution in [2.24, 2.45) is 0 Å². The number of aliphatic hydroxyl groups excluding tert-OH is 1. The van der Waals surface area contributed by atoms with Gasteiger partial charge in [0.1, 0.15) is 5.75 Å². The molecule has 4 rings (SSSR count). The fourth-order valence-corrected chi connectivity index (χ4v) is 7.60. The van der Waals surface area contributed by atoms with E-state index in [1.807, 2.05) is 24.3 Å². The standard InChI is InChI=1S/C19H25N3O4S2/c1-26-15-9-7-13(8-10-15)18-20-21-19(22(18)14-5-3-2-4-6-14)27-17-12-28(24,25)11-16(17)23/h7-10,14,16-17,23H,2-6,11-12H2,1H3/t16-,17+/m0/s1. The molecule has 0 bridgehead atoms. The van der Waals surface area contributed by atoms with Crippen LogP contribution in [0, 0.1) is 0 Å². The van der Waals surface area contributed by atoms with E-state index in [4.69, 9.17) is 4.74 Å². The number of ether oxygens (including phenoxy) is 1. The molecule has 0 spiro atoms. The summed E-state index contributed by atoms with van der Waals surface area (Å²) in [6.07, 6.45) is 4.81. The molecule has 9 heteroatoms. The van der Waals surface area contributed by atoms with Crippen molar-refractivity contribution in [3.8, 4) is 17.1 Å². The molecule has 1 saturated heterocycles. The molecule has 1 aromatic carbocycles. The van der Waals surface area contributed by atoms with E-state index in [9.17, 15) is 13.5 Å². The summed E-state index contributed by atoms with van der Waals surface area (Å²) in [5.41, 5.74) is 0.949. The second-order valence-electron chi connectivity index (χ2n) is 7.50. The highest BCUT2D eigenvalue weighted by Crippen LogP contribution is 2.38. The predicted octanol–water partition coefficient (Wildman–Crippen LogP) is 2.71. The average Bonchev–Trinajstić information content (AvgIpc) is 3.22. The lowest BCUT2D eigenvalue weighted by Gasteiger charge is -2.26. The lowest BCUT2D eigenvalue weighted by atomic mass is 9.95. The Balaban J connectivity index is 1.68. The molecule has 1 aliphatic carbocycles. The van der Waals surface area contributed by atoms with Gasteiger partial charge in [0.25, 0.3) is 0 Å². The largest absolute Gasteiger partial charge is 0.497 e. The third-order valence-corrected chi connectivity index (χ3v) is 8.68. The first-order valence-electron chi connectivity index (χ1n) is 9.61. The second kappa shape index (κ2) is 8.04. The van der Waals surface area contributed by atoms with E-state index in [-0.39, 0.29) is 11.5 Å². The SMILES string of the molecule is COc1ccc(-c2nnc(S[C@@H]3CS(=O)(=O)C[C@@H]3O)n2C2CCCCC2)cc1. The third kappa shape index (κ3) is 4.06. The zero-order valence-electron chi connectivity index (χ0n) is 15.8. The molecule has 1 aliphatic heterocycles. The Labute approximate surface area is 169 Å². The molecule has 152 valence electrons. The Kier molecular flexibility index (Phi) is 5.66. The van der Waals surface area contributed by atoms with Gasteiger partial charge in [0.2, 0.25) is 0 Å². The van der Waals surface area contributed by atoms with E-state index >= 15 is 0 Å². The predicted molar refractivity (Wildman–Crippen MR) is 108 cm³/mol. The Morgan fingerprint density at radius 2 is 1.82 bits per heavy atom. The first-order chi connectivity index (χ1) is 13.5. The van der Waals surface area contributed by atoms with Gasteiger partial charge >= 0.3 is 0 Å². The van der Waals surface area contributed by atoms with Gasteiger partial charge in [0, 0.05) is 11.6 Å². The number of hydrogen-bond acceptors (Lipinski definition) is 7. The Bertz CT molecular complexity index is 921. The highest BCUT2D eigenvalue weighted by molar-refractivity contribution is 8.01. The van der Waals surface area contributed by atoms with E-state index < -0.39 is 21.2 Å². The van der Waals surface area contributed by atoms with Crippen molar-refractivity contribution in [1.29, 1.82) is 0 Å². The molecule has 0 amide bonds. The maximum atomic E-state index is 11.9. The molecule has 28 heavy (non-hydrogen) atoms. The summed E-state index contributed by atoms with van der Waals surface area (Å²) >= 11 is 1.34. The van der Waals surface area contributed by atoms with Crippen molar-refractivity contribution >= 4 is 21.6 Å². The van der Waals surface area contributed by atoms with Crippen LogP contribution in [-0.2, 0) is 9.84 Å². The van der Waals surface area contributed by atoms with Crippen molar-refractivity contribution in [1.82, 2.24) is 14.8 Å². The minimum absolute atomic E-state index is 0.0196. The quantitative estimate of drug-likeness (QED) is 0.790. The summed E-state index contributed by atoms with van der Waals surface area (Å²) in [4.78, 5) is 0. The van der Waals surface area contributed by atoms with Crippen LogP contribution in [0.1, 0.15) is 38.1 Å². The maximum Gasteiger partial charge on any atom is 0.192 e. The molecule has 7 nitrogen and oxygen atoms in total. The van der Waals surface area contributed by atoms with Gasteiger partial charge in [-0.15, -0.1) is 10.2 Å². The number of benzene rings is 1. The Hall–Kier alpha value is -1.58. The molecule has 2 aliphatic rings. The van der Waals surface area contributed by atoms with Crippen molar-refractivity contribution < 1.29 is 18.3 Å². The highest BCUT2D eigenvalue weighted by atomic mass is 32.2. The average molecular weight is 424 g/mol. The van der Waals surface area contributed by atoms with Gasteiger partial charge in [-0.25, -0.2) is 8.42 Å². The van der Waals surface area contributed by atoms with Crippen molar-refractivity contribution in [3.05, 3.63) is 24.3 Å². The number of hydrogen-bond donors (Lipinski definition) is 1. The maximum absolute atomic E-state index is 11.9. The van der Waals surface area contributed by atoms with E-state index in [2.05, 4.69) is 14.8 Å². The normalized spacial score (nSPS) is 25.1. The first kappa shape index (κ1) is 19.7. The van der Waals surface area contributed by atoms with Crippen LogP contribution >= 0.6 is 11.8 Å². The first-order valence-corrected chi connectivity index (χ1v) is 12.3. The number of rotatable bonds is 5. The highest BCUT2D eigenvalue weighted by Gasteiger charge is 2.38. The third-order valence-electron chi connectivity index (χ3n) is 5.48. The van der Waals surface area contributed by atoms with E-state index in [0.717, 1.165) is 42.8 Å². The van der Waals surface area contributed by atoms with E-state index in [1.165, 1.54) is 18.2 Å². The zero-order valence-corrected chi connectivity index (χ0v) is 17.5. The molecule has 1 aromatic heterocycles. The van der Waals surface area contributed by atoms with Crippen LogP contribution in [-0.4, -0.2) is 58.3 Å². The van der Waals surface area contributed by atoms with Crippen LogP contribution in [0.5, 0.6) is 5.75 Å². The van der Waals surface area contributed by atoms with Gasteiger partial charge in [0.05, 0.1) is 30.0 Å².